The number of piperazine rings is 1. The molecule has 1 aromatic carbocycles. The van der Waals surface area contributed by atoms with E-state index in [9.17, 15) is 9.59 Å². The van der Waals surface area contributed by atoms with Crippen molar-refractivity contribution in [1.29, 1.82) is 0 Å². The Labute approximate surface area is 197 Å². The first-order valence-corrected chi connectivity index (χ1v) is 12.5. The van der Waals surface area contributed by atoms with E-state index in [0.717, 1.165) is 60.8 Å². The van der Waals surface area contributed by atoms with Gasteiger partial charge in [0.1, 0.15) is 10.8 Å². The van der Waals surface area contributed by atoms with Gasteiger partial charge in [0.05, 0.1) is 18.6 Å². The van der Waals surface area contributed by atoms with Gasteiger partial charge in [0.25, 0.3) is 0 Å². The second kappa shape index (κ2) is 9.87. The number of hydrogen-bond acceptors (Lipinski definition) is 6. The molecule has 0 spiro atoms. The van der Waals surface area contributed by atoms with Crippen molar-refractivity contribution in [2.24, 2.45) is 0 Å². The lowest BCUT2D eigenvalue weighted by Crippen LogP contribution is -2.49. The molecule has 33 heavy (non-hydrogen) atoms. The molecule has 0 unspecified atom stereocenters. The van der Waals surface area contributed by atoms with Gasteiger partial charge in [-0.1, -0.05) is 30.0 Å². The molecule has 1 aliphatic carbocycles. The highest BCUT2D eigenvalue weighted by molar-refractivity contribution is 7.99. The van der Waals surface area contributed by atoms with E-state index in [-0.39, 0.29) is 11.6 Å². The van der Waals surface area contributed by atoms with Crippen molar-refractivity contribution in [3.63, 3.8) is 0 Å². The lowest BCUT2D eigenvalue weighted by Gasteiger charge is -2.36. The second-order valence-electron chi connectivity index (χ2n) is 8.49. The summed E-state index contributed by atoms with van der Waals surface area (Å²) < 4.78 is 7.19. The summed E-state index contributed by atoms with van der Waals surface area (Å²) in [4.78, 5) is 34.4. The van der Waals surface area contributed by atoms with Gasteiger partial charge in [0.15, 0.2) is 0 Å². The quantitative estimate of drug-likeness (QED) is 0.412. The first kappa shape index (κ1) is 21.8. The highest BCUT2D eigenvalue weighted by Gasteiger charge is 2.24. The third-order valence-electron chi connectivity index (χ3n) is 6.43. The van der Waals surface area contributed by atoms with E-state index >= 15 is 0 Å². The predicted molar refractivity (Wildman–Crippen MR) is 129 cm³/mol. The number of aromatic nitrogens is 2. The number of fused-ring (bicyclic) bond motifs is 1. The van der Waals surface area contributed by atoms with Crippen molar-refractivity contribution in [2.75, 3.05) is 36.8 Å². The van der Waals surface area contributed by atoms with Crippen molar-refractivity contribution in [1.82, 2.24) is 14.5 Å². The van der Waals surface area contributed by atoms with Gasteiger partial charge in [-0.15, -0.1) is 0 Å². The molecule has 7 nitrogen and oxygen atoms in total. The van der Waals surface area contributed by atoms with Crippen LogP contribution in [0.3, 0.4) is 0 Å². The molecule has 0 N–H and O–H groups in total. The molecule has 0 saturated carbocycles. The number of thioether (sulfide) groups is 1. The average Bonchev–Trinajstić information content (AvgIpc) is 3.38. The van der Waals surface area contributed by atoms with Crippen LogP contribution in [0.2, 0.25) is 0 Å². The highest BCUT2D eigenvalue weighted by Crippen LogP contribution is 2.29. The van der Waals surface area contributed by atoms with Gasteiger partial charge in [0.2, 0.25) is 5.91 Å². The lowest BCUT2D eigenvalue weighted by molar-refractivity contribution is -0.128. The Morgan fingerprint density at radius 1 is 1.00 bits per heavy atom. The Morgan fingerprint density at radius 2 is 1.79 bits per heavy atom. The van der Waals surface area contributed by atoms with Crippen molar-refractivity contribution in [3.05, 3.63) is 76.2 Å². The molecule has 1 aliphatic heterocycles. The van der Waals surface area contributed by atoms with Crippen LogP contribution >= 0.6 is 11.8 Å². The molecule has 1 fully saturated rings. The molecular weight excluding hydrogens is 436 g/mol. The number of anilines is 1. The molecule has 2 aromatic heterocycles. The Hall–Kier alpha value is -3.00. The number of carbonyl (C=O) groups is 1. The Balaban J connectivity index is 1.25. The van der Waals surface area contributed by atoms with Crippen LogP contribution in [0.15, 0.2) is 63.0 Å². The van der Waals surface area contributed by atoms with E-state index < -0.39 is 0 Å². The minimum absolute atomic E-state index is 0.110. The summed E-state index contributed by atoms with van der Waals surface area (Å²) >= 11 is 1.41. The maximum atomic E-state index is 12.9. The van der Waals surface area contributed by atoms with E-state index in [1.54, 1.807) is 10.8 Å². The summed E-state index contributed by atoms with van der Waals surface area (Å²) in [6.07, 6.45) is 5.51. The third-order valence-corrected chi connectivity index (χ3v) is 7.43. The second-order valence-corrected chi connectivity index (χ2v) is 9.45. The van der Waals surface area contributed by atoms with Crippen LogP contribution in [0.5, 0.6) is 0 Å². The summed E-state index contributed by atoms with van der Waals surface area (Å²) in [5, 5.41) is 0.724. The zero-order valence-corrected chi connectivity index (χ0v) is 19.4. The van der Waals surface area contributed by atoms with Crippen LogP contribution in [-0.2, 0) is 24.2 Å². The molecule has 1 saturated heterocycles. The fourth-order valence-electron chi connectivity index (χ4n) is 4.66. The molecule has 8 heteroatoms. The molecule has 1 amide bonds. The summed E-state index contributed by atoms with van der Waals surface area (Å²) in [7, 11) is 0. The van der Waals surface area contributed by atoms with Crippen LogP contribution in [0.4, 0.5) is 5.69 Å². The van der Waals surface area contributed by atoms with Gasteiger partial charge < -0.3 is 14.2 Å². The SMILES string of the molecule is O=C(CSc1nc(=O)n(Cc2ccco2)c2c1CCCC2)N1CCN(c2ccccc2)CC1. The molecule has 3 heterocycles. The first-order valence-electron chi connectivity index (χ1n) is 11.5. The molecule has 0 atom stereocenters. The number of para-hydroxylation sites is 1. The minimum Gasteiger partial charge on any atom is -0.467 e. The summed E-state index contributed by atoms with van der Waals surface area (Å²) in [5.41, 5.74) is 3.10. The first-order chi connectivity index (χ1) is 16.2. The molecule has 3 aromatic rings. The largest absolute Gasteiger partial charge is 0.467 e. The van der Waals surface area contributed by atoms with E-state index in [0.29, 0.717) is 25.4 Å². The van der Waals surface area contributed by atoms with Crippen LogP contribution < -0.4 is 10.6 Å². The van der Waals surface area contributed by atoms with Gasteiger partial charge >= 0.3 is 5.69 Å². The van der Waals surface area contributed by atoms with E-state index in [2.05, 4.69) is 22.0 Å². The lowest BCUT2D eigenvalue weighted by atomic mass is 9.97. The molecule has 2 aliphatic rings. The molecule has 0 radical (unpaired) electrons. The Bertz CT molecular complexity index is 1150. The topological polar surface area (TPSA) is 71.6 Å². The number of benzene rings is 1. The molecule has 0 bridgehead atoms. The average molecular weight is 465 g/mol. The van der Waals surface area contributed by atoms with E-state index in [4.69, 9.17) is 4.42 Å². The zero-order chi connectivity index (χ0) is 22.6. The van der Waals surface area contributed by atoms with Gasteiger partial charge in [0, 0.05) is 43.1 Å². The minimum atomic E-state index is -0.265. The summed E-state index contributed by atoms with van der Waals surface area (Å²) in [6, 6.07) is 14.0. The fourth-order valence-corrected chi connectivity index (χ4v) is 5.64. The summed E-state index contributed by atoms with van der Waals surface area (Å²) in [5.74, 6) is 1.17. The van der Waals surface area contributed by atoms with Crippen LogP contribution in [0.25, 0.3) is 0 Å². The summed E-state index contributed by atoms with van der Waals surface area (Å²) in [6.45, 7) is 3.49. The van der Waals surface area contributed by atoms with E-state index in [1.807, 2.05) is 35.2 Å². The van der Waals surface area contributed by atoms with Crippen LogP contribution in [0.1, 0.15) is 29.9 Å². The van der Waals surface area contributed by atoms with Gasteiger partial charge in [-0.05, 0) is 49.9 Å². The van der Waals surface area contributed by atoms with Crippen molar-refractivity contribution in [2.45, 2.75) is 37.3 Å². The Morgan fingerprint density at radius 3 is 2.55 bits per heavy atom. The standard InChI is InChI=1S/C25H28N4O3S/c30-23(28-14-12-27(13-15-28)19-7-2-1-3-8-19)18-33-24-21-10-4-5-11-22(21)29(25(31)26-24)17-20-9-6-16-32-20/h1-3,6-9,16H,4-5,10-15,17-18H2. The van der Waals surface area contributed by atoms with Crippen molar-refractivity contribution >= 4 is 23.4 Å². The predicted octanol–water partition coefficient (Wildman–Crippen LogP) is 3.20. The third kappa shape index (κ3) is 4.85. The molecule has 5 rings (SSSR count). The molecule has 172 valence electrons. The monoisotopic (exact) mass is 464 g/mol. The smallest absolute Gasteiger partial charge is 0.349 e. The zero-order valence-electron chi connectivity index (χ0n) is 18.6. The number of amides is 1. The molecular formula is C25H28N4O3S. The number of nitrogens with zero attached hydrogens (tertiary/aromatic N) is 4. The van der Waals surface area contributed by atoms with Gasteiger partial charge in [-0.2, -0.15) is 4.98 Å². The van der Waals surface area contributed by atoms with E-state index in [1.165, 1.54) is 17.4 Å². The Kier molecular flexibility index (Phi) is 6.53. The van der Waals surface area contributed by atoms with Crippen LogP contribution in [-0.4, -0.2) is 52.3 Å². The number of furan rings is 1. The highest BCUT2D eigenvalue weighted by atomic mass is 32.2. The van der Waals surface area contributed by atoms with Crippen LogP contribution in [0, 0.1) is 0 Å². The normalized spacial score (nSPS) is 16.0. The number of hydrogen-bond donors (Lipinski definition) is 0. The van der Waals surface area contributed by atoms with Gasteiger partial charge in [-0.25, -0.2) is 4.79 Å². The fraction of sp³-hybridized carbons (Fsp3) is 0.400. The number of rotatable bonds is 6. The maximum absolute atomic E-state index is 12.9. The number of carbonyl (C=O) groups excluding carboxylic acids is 1. The van der Waals surface area contributed by atoms with Crippen molar-refractivity contribution in [3.8, 4) is 0 Å². The van der Waals surface area contributed by atoms with Gasteiger partial charge in [-0.3, -0.25) is 9.36 Å². The maximum Gasteiger partial charge on any atom is 0.349 e. The van der Waals surface area contributed by atoms with Crippen molar-refractivity contribution < 1.29 is 9.21 Å².